The minimum atomic E-state index is -0.0748. The summed E-state index contributed by atoms with van der Waals surface area (Å²) < 4.78 is 0. The molecular weight excluding hydrogens is 226 g/mol. The van der Waals surface area contributed by atoms with Crippen LogP contribution < -0.4 is 10.6 Å². The molecular formula is C14H29N3O. The molecule has 4 nitrogen and oxygen atoms in total. The average Bonchev–Trinajstić information content (AvgIpc) is 2.87. The third kappa shape index (κ3) is 6.36. The smallest absolute Gasteiger partial charge is 0.236 e. The minimum absolute atomic E-state index is 0.0748. The van der Waals surface area contributed by atoms with Crippen LogP contribution in [0.3, 0.4) is 0 Å². The molecule has 1 atom stereocenters. The average molecular weight is 255 g/mol. The van der Waals surface area contributed by atoms with E-state index < -0.39 is 0 Å². The Bertz CT molecular complexity index is 227. The molecule has 1 amide bonds. The second kappa shape index (κ2) is 9.34. The lowest BCUT2D eigenvalue weighted by atomic mass is 10.2. The molecule has 1 aliphatic heterocycles. The van der Waals surface area contributed by atoms with Crippen LogP contribution in [0.25, 0.3) is 0 Å². The van der Waals surface area contributed by atoms with Gasteiger partial charge < -0.3 is 15.5 Å². The maximum atomic E-state index is 11.7. The lowest BCUT2D eigenvalue weighted by Crippen LogP contribution is -2.44. The van der Waals surface area contributed by atoms with Crippen molar-refractivity contribution in [2.24, 2.45) is 0 Å². The number of unbranched alkanes of at least 4 members (excludes halogenated alkanes) is 2. The number of carbonyl (C=O) groups is 1. The lowest BCUT2D eigenvalue weighted by molar-refractivity contribution is -0.122. The monoisotopic (exact) mass is 255 g/mol. The van der Waals surface area contributed by atoms with Crippen LogP contribution in [-0.2, 0) is 4.79 Å². The van der Waals surface area contributed by atoms with E-state index in [1.807, 2.05) is 6.92 Å². The van der Waals surface area contributed by atoms with Gasteiger partial charge in [0.25, 0.3) is 0 Å². The van der Waals surface area contributed by atoms with Gasteiger partial charge in [0, 0.05) is 19.6 Å². The quantitative estimate of drug-likeness (QED) is 0.612. The number of nitrogens with one attached hydrogen (secondary N) is 2. The second-order valence-corrected chi connectivity index (χ2v) is 5.22. The van der Waals surface area contributed by atoms with E-state index >= 15 is 0 Å². The highest BCUT2D eigenvalue weighted by atomic mass is 16.2. The summed E-state index contributed by atoms with van der Waals surface area (Å²) >= 11 is 0. The van der Waals surface area contributed by atoms with Gasteiger partial charge in [-0.1, -0.05) is 19.8 Å². The first-order valence-corrected chi connectivity index (χ1v) is 7.47. The standard InChI is InChI=1S/C14H29N3O/c1-3-4-5-8-16-14(18)13(2)15-9-12-17-10-6-7-11-17/h13,15H,3-12H2,1-2H3,(H,16,18). The molecule has 0 radical (unpaired) electrons. The van der Waals surface area contributed by atoms with Gasteiger partial charge in [0.05, 0.1) is 6.04 Å². The summed E-state index contributed by atoms with van der Waals surface area (Å²) in [6.07, 6.45) is 6.13. The van der Waals surface area contributed by atoms with Crippen molar-refractivity contribution in [3.05, 3.63) is 0 Å². The molecule has 1 unspecified atom stereocenters. The van der Waals surface area contributed by atoms with E-state index in [2.05, 4.69) is 22.5 Å². The fourth-order valence-corrected chi connectivity index (χ4v) is 2.28. The van der Waals surface area contributed by atoms with E-state index in [1.165, 1.54) is 38.8 Å². The van der Waals surface area contributed by atoms with Crippen molar-refractivity contribution in [3.63, 3.8) is 0 Å². The van der Waals surface area contributed by atoms with Gasteiger partial charge in [-0.05, 0) is 39.3 Å². The Labute approximate surface area is 111 Å². The third-order valence-electron chi connectivity index (χ3n) is 3.55. The first-order valence-electron chi connectivity index (χ1n) is 7.47. The molecule has 2 N–H and O–H groups in total. The highest BCUT2D eigenvalue weighted by molar-refractivity contribution is 5.81. The fourth-order valence-electron chi connectivity index (χ4n) is 2.28. The summed E-state index contributed by atoms with van der Waals surface area (Å²) in [5, 5.41) is 6.28. The van der Waals surface area contributed by atoms with Crippen LogP contribution in [0, 0.1) is 0 Å². The van der Waals surface area contributed by atoms with Crippen LogP contribution >= 0.6 is 0 Å². The van der Waals surface area contributed by atoms with Crippen molar-refractivity contribution < 1.29 is 4.79 Å². The molecule has 0 bridgehead atoms. The second-order valence-electron chi connectivity index (χ2n) is 5.22. The Morgan fingerprint density at radius 3 is 2.61 bits per heavy atom. The van der Waals surface area contributed by atoms with Crippen molar-refractivity contribution >= 4 is 5.91 Å². The maximum absolute atomic E-state index is 11.7. The zero-order valence-electron chi connectivity index (χ0n) is 12.0. The van der Waals surface area contributed by atoms with Crippen molar-refractivity contribution in [2.45, 2.75) is 52.0 Å². The number of nitrogens with zero attached hydrogens (tertiary/aromatic N) is 1. The van der Waals surface area contributed by atoms with Crippen molar-refractivity contribution in [1.29, 1.82) is 0 Å². The van der Waals surface area contributed by atoms with Crippen LogP contribution in [0.4, 0.5) is 0 Å². The molecule has 1 aliphatic rings. The molecule has 18 heavy (non-hydrogen) atoms. The van der Waals surface area contributed by atoms with E-state index in [4.69, 9.17) is 0 Å². The van der Waals surface area contributed by atoms with Crippen LogP contribution in [0.15, 0.2) is 0 Å². The molecule has 1 rings (SSSR count). The van der Waals surface area contributed by atoms with Gasteiger partial charge in [-0.2, -0.15) is 0 Å². The van der Waals surface area contributed by atoms with Gasteiger partial charge in [-0.3, -0.25) is 4.79 Å². The summed E-state index contributed by atoms with van der Waals surface area (Å²) in [4.78, 5) is 14.2. The maximum Gasteiger partial charge on any atom is 0.236 e. The number of hydrogen-bond donors (Lipinski definition) is 2. The first kappa shape index (κ1) is 15.4. The van der Waals surface area contributed by atoms with Gasteiger partial charge in [-0.25, -0.2) is 0 Å². The number of amides is 1. The Morgan fingerprint density at radius 2 is 1.94 bits per heavy atom. The van der Waals surface area contributed by atoms with E-state index in [-0.39, 0.29) is 11.9 Å². The predicted molar refractivity (Wildman–Crippen MR) is 75.7 cm³/mol. The highest BCUT2D eigenvalue weighted by Gasteiger charge is 2.13. The van der Waals surface area contributed by atoms with Crippen LogP contribution in [0.5, 0.6) is 0 Å². The summed E-state index contributed by atoms with van der Waals surface area (Å²) in [5.41, 5.74) is 0. The molecule has 0 aromatic heterocycles. The largest absolute Gasteiger partial charge is 0.355 e. The highest BCUT2D eigenvalue weighted by Crippen LogP contribution is 2.05. The summed E-state index contributed by atoms with van der Waals surface area (Å²) in [5.74, 6) is 0.132. The molecule has 4 heteroatoms. The Hall–Kier alpha value is -0.610. The first-order chi connectivity index (χ1) is 8.74. The topological polar surface area (TPSA) is 44.4 Å². The van der Waals surface area contributed by atoms with Gasteiger partial charge in [0.2, 0.25) is 5.91 Å². The number of rotatable bonds is 9. The van der Waals surface area contributed by atoms with Crippen molar-refractivity contribution in [2.75, 3.05) is 32.7 Å². The Kier molecular flexibility index (Phi) is 8.01. The summed E-state index contributed by atoms with van der Waals surface area (Å²) in [7, 11) is 0. The predicted octanol–water partition coefficient (Wildman–Crippen LogP) is 1.37. The third-order valence-corrected chi connectivity index (χ3v) is 3.55. The van der Waals surface area contributed by atoms with Crippen molar-refractivity contribution in [1.82, 2.24) is 15.5 Å². The summed E-state index contributed by atoms with van der Waals surface area (Å²) in [6, 6.07) is -0.0748. The normalized spacial score (nSPS) is 17.9. The van der Waals surface area contributed by atoms with E-state index in [9.17, 15) is 4.79 Å². The van der Waals surface area contributed by atoms with E-state index in [1.54, 1.807) is 0 Å². The van der Waals surface area contributed by atoms with Crippen LogP contribution in [-0.4, -0.2) is 49.6 Å². The van der Waals surface area contributed by atoms with Gasteiger partial charge in [0.15, 0.2) is 0 Å². The van der Waals surface area contributed by atoms with Gasteiger partial charge >= 0.3 is 0 Å². The van der Waals surface area contributed by atoms with Crippen LogP contribution in [0.2, 0.25) is 0 Å². The molecule has 106 valence electrons. The van der Waals surface area contributed by atoms with E-state index in [0.29, 0.717) is 0 Å². The molecule has 1 saturated heterocycles. The van der Waals surface area contributed by atoms with Crippen LogP contribution in [0.1, 0.15) is 46.0 Å². The number of hydrogen-bond acceptors (Lipinski definition) is 3. The Morgan fingerprint density at radius 1 is 1.22 bits per heavy atom. The molecule has 1 heterocycles. The lowest BCUT2D eigenvalue weighted by Gasteiger charge is -2.18. The zero-order valence-corrected chi connectivity index (χ0v) is 12.0. The number of carbonyl (C=O) groups excluding carboxylic acids is 1. The molecule has 0 spiro atoms. The number of likely N-dealkylation sites (tertiary alicyclic amines) is 1. The van der Waals surface area contributed by atoms with Gasteiger partial charge in [-0.15, -0.1) is 0 Å². The molecule has 0 aromatic carbocycles. The minimum Gasteiger partial charge on any atom is -0.355 e. The van der Waals surface area contributed by atoms with E-state index in [0.717, 1.165) is 26.1 Å². The molecule has 0 saturated carbocycles. The SMILES string of the molecule is CCCCCNC(=O)C(C)NCCN1CCCC1. The Balaban J connectivity index is 2.00. The molecule has 0 aliphatic carbocycles. The zero-order chi connectivity index (χ0) is 13.2. The fraction of sp³-hybridized carbons (Fsp3) is 0.929. The molecule has 0 aromatic rings. The van der Waals surface area contributed by atoms with Crippen molar-refractivity contribution in [3.8, 4) is 0 Å². The van der Waals surface area contributed by atoms with Gasteiger partial charge in [0.1, 0.15) is 0 Å². The summed E-state index contributed by atoms with van der Waals surface area (Å²) in [6.45, 7) is 9.34. The molecule has 1 fully saturated rings.